The van der Waals surface area contributed by atoms with Gasteiger partial charge >= 0.3 is 5.91 Å². The van der Waals surface area contributed by atoms with Crippen molar-refractivity contribution in [2.45, 2.75) is 11.8 Å². The molecule has 1 amide bonds. The van der Waals surface area contributed by atoms with Gasteiger partial charge in [0.2, 0.25) is 0 Å². The van der Waals surface area contributed by atoms with Crippen LogP contribution in [0, 0.1) is 0 Å². The number of hydrogen-bond donors (Lipinski definition) is 3. The van der Waals surface area contributed by atoms with Crippen LogP contribution < -0.4 is 15.2 Å². The quantitative estimate of drug-likeness (QED) is 0.736. The molecule has 0 spiro atoms. The Morgan fingerprint density at radius 1 is 1.09 bits per heavy atom. The summed E-state index contributed by atoms with van der Waals surface area (Å²) in [6.07, 6.45) is 0. The van der Waals surface area contributed by atoms with Crippen molar-refractivity contribution < 1.29 is 19.7 Å². The molecule has 1 saturated heterocycles. The van der Waals surface area contributed by atoms with Gasteiger partial charge in [0.1, 0.15) is 11.8 Å². The number of amides is 1. The number of para-hydroxylation sites is 1. The van der Waals surface area contributed by atoms with Gasteiger partial charge in [-0.3, -0.25) is 4.79 Å². The third-order valence-electron chi connectivity index (χ3n) is 3.64. The van der Waals surface area contributed by atoms with E-state index in [1.54, 1.807) is 55.6 Å². The minimum absolute atomic E-state index is 0.538. The zero-order chi connectivity index (χ0) is 15.7. The van der Waals surface area contributed by atoms with Crippen molar-refractivity contribution in [1.29, 1.82) is 0 Å². The maximum Gasteiger partial charge on any atom is 0.303 e. The predicted molar refractivity (Wildman–Crippen MR) is 80.0 cm³/mol. The molecule has 114 valence electrons. The first-order valence-electron chi connectivity index (χ1n) is 6.78. The number of ether oxygens (including phenoxy) is 1. The molecular weight excluding hydrogens is 284 g/mol. The van der Waals surface area contributed by atoms with Gasteiger partial charge in [0.05, 0.1) is 12.8 Å². The summed E-state index contributed by atoms with van der Waals surface area (Å²) >= 11 is 0. The van der Waals surface area contributed by atoms with E-state index in [1.807, 2.05) is 6.07 Å². The number of aliphatic hydroxyl groups is 2. The summed E-state index contributed by atoms with van der Waals surface area (Å²) in [6, 6.07) is 14.5. The molecule has 0 aliphatic carbocycles. The molecule has 6 nitrogen and oxygen atoms in total. The first kappa shape index (κ1) is 14.5. The summed E-state index contributed by atoms with van der Waals surface area (Å²) in [6.45, 7) is 0. The molecule has 1 fully saturated rings. The zero-order valence-electron chi connectivity index (χ0n) is 11.9. The predicted octanol–water partition coefficient (Wildman–Crippen LogP) is 0.969. The highest BCUT2D eigenvalue weighted by Gasteiger charge is 2.53. The fourth-order valence-corrected chi connectivity index (χ4v) is 2.44. The van der Waals surface area contributed by atoms with E-state index >= 15 is 0 Å². The first-order chi connectivity index (χ1) is 10.5. The SMILES string of the molecule is COc1ccc(C2NN(c3ccccc3)C(=O)C2(O)O)cc1. The molecule has 1 unspecified atom stereocenters. The van der Waals surface area contributed by atoms with Crippen molar-refractivity contribution in [3.8, 4) is 5.75 Å². The van der Waals surface area contributed by atoms with E-state index in [-0.39, 0.29) is 0 Å². The molecule has 0 radical (unpaired) electrons. The Morgan fingerprint density at radius 3 is 2.32 bits per heavy atom. The average Bonchev–Trinajstić information content (AvgIpc) is 2.79. The fourth-order valence-electron chi connectivity index (χ4n) is 2.44. The van der Waals surface area contributed by atoms with E-state index in [9.17, 15) is 15.0 Å². The normalized spacial score (nSPS) is 20.2. The van der Waals surface area contributed by atoms with E-state index in [1.165, 1.54) is 0 Å². The number of benzene rings is 2. The standard InChI is InChI=1S/C16H16N2O4/c1-22-13-9-7-11(8-10-13)14-16(20,21)15(19)18(17-14)12-5-3-2-4-6-12/h2-10,14,17,20-21H,1H3. The van der Waals surface area contributed by atoms with Crippen molar-refractivity contribution >= 4 is 11.6 Å². The van der Waals surface area contributed by atoms with Gasteiger partial charge in [-0.05, 0) is 29.8 Å². The average molecular weight is 300 g/mol. The van der Waals surface area contributed by atoms with E-state index in [4.69, 9.17) is 4.74 Å². The van der Waals surface area contributed by atoms with Crippen molar-refractivity contribution in [1.82, 2.24) is 5.43 Å². The summed E-state index contributed by atoms with van der Waals surface area (Å²) in [5.74, 6) is -2.70. The largest absolute Gasteiger partial charge is 0.497 e. The summed E-state index contributed by atoms with van der Waals surface area (Å²) in [5, 5.41) is 21.6. The maximum absolute atomic E-state index is 12.3. The summed E-state index contributed by atoms with van der Waals surface area (Å²) in [5.41, 5.74) is 3.95. The van der Waals surface area contributed by atoms with Gasteiger partial charge in [-0.15, -0.1) is 0 Å². The van der Waals surface area contributed by atoms with Gasteiger partial charge in [-0.25, -0.2) is 10.4 Å². The van der Waals surface area contributed by atoms with Crippen LogP contribution in [-0.2, 0) is 4.79 Å². The number of carbonyl (C=O) groups excluding carboxylic acids is 1. The molecule has 22 heavy (non-hydrogen) atoms. The fraction of sp³-hybridized carbons (Fsp3) is 0.188. The molecule has 1 aliphatic heterocycles. The molecular formula is C16H16N2O4. The number of rotatable bonds is 3. The molecule has 3 rings (SSSR count). The van der Waals surface area contributed by atoms with Crippen LogP contribution in [0.1, 0.15) is 11.6 Å². The molecule has 2 aromatic carbocycles. The van der Waals surface area contributed by atoms with Crippen LogP contribution in [0.25, 0.3) is 0 Å². The highest BCUT2D eigenvalue weighted by atomic mass is 16.5. The van der Waals surface area contributed by atoms with Gasteiger partial charge in [0, 0.05) is 0 Å². The van der Waals surface area contributed by atoms with Crippen LogP contribution in [-0.4, -0.2) is 29.0 Å². The lowest BCUT2D eigenvalue weighted by molar-refractivity contribution is -0.182. The van der Waals surface area contributed by atoms with E-state index in [2.05, 4.69) is 5.43 Å². The van der Waals surface area contributed by atoms with Crippen molar-refractivity contribution in [3.63, 3.8) is 0 Å². The first-order valence-corrected chi connectivity index (χ1v) is 6.78. The van der Waals surface area contributed by atoms with Crippen LogP contribution in [0.4, 0.5) is 5.69 Å². The van der Waals surface area contributed by atoms with Gasteiger partial charge in [-0.2, -0.15) is 0 Å². The number of carbonyl (C=O) groups is 1. The van der Waals surface area contributed by atoms with Crippen LogP contribution in [0.3, 0.4) is 0 Å². The third-order valence-corrected chi connectivity index (χ3v) is 3.64. The smallest absolute Gasteiger partial charge is 0.303 e. The maximum atomic E-state index is 12.3. The lowest BCUT2D eigenvalue weighted by Crippen LogP contribution is -2.42. The monoisotopic (exact) mass is 300 g/mol. The number of hydrogen-bond acceptors (Lipinski definition) is 5. The minimum Gasteiger partial charge on any atom is -0.497 e. The van der Waals surface area contributed by atoms with Crippen molar-refractivity contribution in [2.75, 3.05) is 12.1 Å². The minimum atomic E-state index is -2.52. The van der Waals surface area contributed by atoms with Crippen LogP contribution in [0.5, 0.6) is 5.75 Å². The van der Waals surface area contributed by atoms with Crippen LogP contribution in [0.15, 0.2) is 54.6 Å². The molecule has 0 saturated carbocycles. The van der Waals surface area contributed by atoms with E-state index < -0.39 is 17.7 Å². The second-order valence-electron chi connectivity index (χ2n) is 5.04. The Hall–Kier alpha value is -2.41. The molecule has 1 heterocycles. The molecule has 1 atom stereocenters. The Bertz CT molecular complexity index is 670. The number of anilines is 1. The van der Waals surface area contributed by atoms with Crippen molar-refractivity contribution in [2.24, 2.45) is 0 Å². The molecule has 6 heteroatoms. The molecule has 0 bridgehead atoms. The molecule has 0 aromatic heterocycles. The second-order valence-corrected chi connectivity index (χ2v) is 5.04. The van der Waals surface area contributed by atoms with Gasteiger partial charge in [-0.1, -0.05) is 30.3 Å². The lowest BCUT2D eigenvalue weighted by atomic mass is 10.00. The Morgan fingerprint density at radius 2 is 1.73 bits per heavy atom. The van der Waals surface area contributed by atoms with Crippen molar-refractivity contribution in [3.05, 3.63) is 60.2 Å². The summed E-state index contributed by atoms with van der Waals surface area (Å²) in [4.78, 5) is 12.3. The molecule has 1 aliphatic rings. The number of methoxy groups -OCH3 is 1. The van der Waals surface area contributed by atoms with Gasteiger partial charge in [0.15, 0.2) is 0 Å². The molecule has 2 aromatic rings. The number of hydrazine groups is 1. The topological polar surface area (TPSA) is 82.0 Å². The third kappa shape index (κ3) is 2.33. The highest BCUT2D eigenvalue weighted by Crippen LogP contribution is 2.34. The van der Waals surface area contributed by atoms with E-state index in [0.717, 1.165) is 5.01 Å². The summed E-state index contributed by atoms with van der Waals surface area (Å²) in [7, 11) is 1.55. The zero-order valence-corrected chi connectivity index (χ0v) is 11.9. The Kier molecular flexibility index (Phi) is 3.58. The lowest BCUT2D eigenvalue weighted by Gasteiger charge is -2.20. The molecule has 3 N–H and O–H groups in total. The van der Waals surface area contributed by atoms with Gasteiger partial charge in [0.25, 0.3) is 5.79 Å². The Labute approximate surface area is 127 Å². The number of nitrogens with zero attached hydrogens (tertiary/aromatic N) is 1. The van der Waals surface area contributed by atoms with E-state index in [0.29, 0.717) is 17.0 Å². The summed E-state index contributed by atoms with van der Waals surface area (Å²) < 4.78 is 5.07. The second kappa shape index (κ2) is 5.42. The van der Waals surface area contributed by atoms with Crippen LogP contribution in [0.2, 0.25) is 0 Å². The highest BCUT2D eigenvalue weighted by molar-refractivity contribution is 6.00. The van der Waals surface area contributed by atoms with Gasteiger partial charge < -0.3 is 14.9 Å². The number of nitrogens with one attached hydrogen (secondary N) is 1. The van der Waals surface area contributed by atoms with Crippen LogP contribution >= 0.6 is 0 Å². The Balaban J connectivity index is 1.93.